The Morgan fingerprint density at radius 2 is 1.50 bits per heavy atom. The molecule has 0 radical (unpaired) electrons. The molecule has 0 aliphatic rings. The average Bonchev–Trinajstić information content (AvgIpc) is 2.08. The molecule has 2 heteroatoms. The van der Waals surface area contributed by atoms with Crippen LogP contribution in [0.15, 0.2) is 11.8 Å². The van der Waals surface area contributed by atoms with E-state index in [4.69, 9.17) is 0 Å². The fourth-order valence-corrected chi connectivity index (χ4v) is 4.51. The topological polar surface area (TPSA) is 0 Å². The summed E-state index contributed by atoms with van der Waals surface area (Å²) in [6.45, 7) is 19.5. The Labute approximate surface area is 106 Å². The Kier molecular flexibility index (Phi) is 6.27. The fourth-order valence-electron chi connectivity index (χ4n) is 1.73. The summed E-state index contributed by atoms with van der Waals surface area (Å²) in [5, 5.41) is 0. The van der Waals surface area contributed by atoms with E-state index in [0.29, 0.717) is 0 Å². The molecule has 2 atom stereocenters. The lowest BCUT2D eigenvalue weighted by molar-refractivity contribution is 0.516. The van der Waals surface area contributed by atoms with E-state index in [-0.39, 0.29) is 0 Å². The minimum absolute atomic E-state index is 0.870. The molecule has 0 fully saturated rings. The molecule has 0 saturated heterocycles. The second-order valence-electron chi connectivity index (χ2n) is 7.45. The standard InChI is InChI=1S/C14H32Si2/c1-9-13(2)12-14(16(6,7)8)10-11-15(3,4)5/h10-11,13-14H,9,12H2,1-8H3/b11-10+. The van der Waals surface area contributed by atoms with Crippen LogP contribution in [-0.4, -0.2) is 16.1 Å². The van der Waals surface area contributed by atoms with Crippen molar-refractivity contribution in [2.45, 2.75) is 71.5 Å². The van der Waals surface area contributed by atoms with Crippen LogP contribution >= 0.6 is 0 Å². The molecular weight excluding hydrogens is 224 g/mol. The van der Waals surface area contributed by atoms with E-state index < -0.39 is 16.1 Å². The summed E-state index contributed by atoms with van der Waals surface area (Å²) in [4.78, 5) is 0. The third kappa shape index (κ3) is 7.45. The van der Waals surface area contributed by atoms with Gasteiger partial charge >= 0.3 is 0 Å². The Morgan fingerprint density at radius 3 is 1.81 bits per heavy atom. The lowest BCUT2D eigenvalue weighted by Gasteiger charge is -2.29. The van der Waals surface area contributed by atoms with Gasteiger partial charge in [-0.1, -0.05) is 71.3 Å². The number of rotatable bonds is 6. The molecule has 2 unspecified atom stereocenters. The molecule has 0 heterocycles. The van der Waals surface area contributed by atoms with Gasteiger partial charge < -0.3 is 0 Å². The number of allylic oxidation sites excluding steroid dienone is 1. The molecule has 16 heavy (non-hydrogen) atoms. The van der Waals surface area contributed by atoms with E-state index in [1.54, 1.807) is 0 Å². The normalized spacial score (nSPS) is 17.8. The first-order valence-corrected chi connectivity index (χ1v) is 13.9. The van der Waals surface area contributed by atoms with E-state index >= 15 is 0 Å². The number of hydrogen-bond donors (Lipinski definition) is 0. The lowest BCUT2D eigenvalue weighted by Crippen LogP contribution is -2.29. The van der Waals surface area contributed by atoms with Crippen LogP contribution in [0.5, 0.6) is 0 Å². The zero-order chi connectivity index (χ0) is 13.0. The summed E-state index contributed by atoms with van der Waals surface area (Å²) in [7, 11) is -2.05. The Hall–Kier alpha value is 0.174. The highest BCUT2D eigenvalue weighted by Crippen LogP contribution is 2.31. The third-order valence-electron chi connectivity index (χ3n) is 3.29. The second kappa shape index (κ2) is 6.20. The van der Waals surface area contributed by atoms with Crippen molar-refractivity contribution in [1.82, 2.24) is 0 Å². The highest BCUT2D eigenvalue weighted by Gasteiger charge is 2.26. The highest BCUT2D eigenvalue weighted by molar-refractivity contribution is 6.81. The largest absolute Gasteiger partial charge is 0.0989 e. The molecule has 0 saturated carbocycles. The zero-order valence-electron chi connectivity index (χ0n) is 12.7. The van der Waals surface area contributed by atoms with Crippen LogP contribution in [0.3, 0.4) is 0 Å². The fraction of sp³-hybridized carbons (Fsp3) is 0.857. The second-order valence-corrected chi connectivity index (χ2v) is 18.0. The van der Waals surface area contributed by atoms with Crippen LogP contribution < -0.4 is 0 Å². The first kappa shape index (κ1) is 16.2. The maximum atomic E-state index is 2.57. The molecule has 0 aromatic rings. The minimum atomic E-state index is -1.03. The van der Waals surface area contributed by atoms with Crippen LogP contribution in [0.2, 0.25) is 44.8 Å². The molecule has 0 nitrogen and oxygen atoms in total. The Bertz CT molecular complexity index is 218. The maximum Gasteiger partial charge on any atom is 0.0682 e. The van der Waals surface area contributed by atoms with E-state index in [1.807, 2.05) is 0 Å². The number of hydrogen-bond acceptors (Lipinski definition) is 0. The zero-order valence-corrected chi connectivity index (χ0v) is 14.7. The first-order chi connectivity index (χ1) is 7.06. The van der Waals surface area contributed by atoms with Crippen molar-refractivity contribution >= 4 is 16.1 Å². The van der Waals surface area contributed by atoms with Crippen molar-refractivity contribution in [1.29, 1.82) is 0 Å². The third-order valence-corrected chi connectivity index (χ3v) is 7.14. The van der Waals surface area contributed by atoms with Crippen molar-refractivity contribution in [3.63, 3.8) is 0 Å². The molecular formula is C14H32Si2. The average molecular weight is 257 g/mol. The first-order valence-electron chi connectivity index (χ1n) is 6.75. The van der Waals surface area contributed by atoms with Crippen LogP contribution in [-0.2, 0) is 0 Å². The van der Waals surface area contributed by atoms with Gasteiger partial charge in [-0.05, 0) is 17.9 Å². The molecule has 0 rings (SSSR count). The van der Waals surface area contributed by atoms with Crippen molar-refractivity contribution < 1.29 is 0 Å². The Balaban J connectivity index is 4.64. The molecule has 0 aromatic carbocycles. The molecule has 0 N–H and O–H groups in total. The summed E-state index contributed by atoms with van der Waals surface area (Å²) in [6, 6.07) is 0. The predicted octanol–water partition coefficient (Wildman–Crippen LogP) is 5.56. The van der Waals surface area contributed by atoms with Gasteiger partial charge in [-0.2, -0.15) is 0 Å². The summed E-state index contributed by atoms with van der Waals surface area (Å²) in [5.74, 6) is 0.878. The van der Waals surface area contributed by atoms with Gasteiger partial charge in [0.25, 0.3) is 0 Å². The van der Waals surface area contributed by atoms with Gasteiger partial charge in [-0.15, -0.1) is 0 Å². The van der Waals surface area contributed by atoms with Gasteiger partial charge in [0.15, 0.2) is 0 Å². The molecule has 0 bridgehead atoms. The van der Waals surface area contributed by atoms with Crippen molar-refractivity contribution in [2.75, 3.05) is 0 Å². The molecule has 0 aromatic heterocycles. The summed E-state index contributed by atoms with van der Waals surface area (Å²) in [6.07, 6.45) is 5.29. The van der Waals surface area contributed by atoms with Gasteiger partial charge in [0.2, 0.25) is 0 Å². The lowest BCUT2D eigenvalue weighted by atomic mass is 10.0. The van der Waals surface area contributed by atoms with Crippen LogP contribution in [0.25, 0.3) is 0 Å². The summed E-state index contributed by atoms with van der Waals surface area (Å²) in [5.41, 5.74) is 3.42. The monoisotopic (exact) mass is 256 g/mol. The van der Waals surface area contributed by atoms with E-state index in [2.05, 4.69) is 64.9 Å². The van der Waals surface area contributed by atoms with Crippen molar-refractivity contribution in [3.8, 4) is 0 Å². The summed E-state index contributed by atoms with van der Waals surface area (Å²) >= 11 is 0. The Morgan fingerprint density at radius 1 is 1.00 bits per heavy atom. The smallest absolute Gasteiger partial charge is 0.0682 e. The predicted molar refractivity (Wildman–Crippen MR) is 83.7 cm³/mol. The van der Waals surface area contributed by atoms with Crippen molar-refractivity contribution in [3.05, 3.63) is 11.8 Å². The minimum Gasteiger partial charge on any atom is -0.0989 e. The summed E-state index contributed by atoms with van der Waals surface area (Å²) < 4.78 is 0. The molecule has 96 valence electrons. The van der Waals surface area contributed by atoms with E-state index in [9.17, 15) is 0 Å². The maximum absolute atomic E-state index is 2.57. The quantitative estimate of drug-likeness (QED) is 0.545. The highest BCUT2D eigenvalue weighted by atomic mass is 28.3. The molecule has 0 spiro atoms. The van der Waals surface area contributed by atoms with Gasteiger partial charge in [0.05, 0.1) is 16.1 Å². The van der Waals surface area contributed by atoms with Gasteiger partial charge in [0.1, 0.15) is 0 Å². The van der Waals surface area contributed by atoms with Crippen LogP contribution in [0, 0.1) is 5.92 Å². The van der Waals surface area contributed by atoms with Crippen molar-refractivity contribution in [2.24, 2.45) is 5.92 Å². The molecule has 0 aliphatic carbocycles. The molecule has 0 amide bonds. The van der Waals surface area contributed by atoms with Gasteiger partial charge in [-0.25, -0.2) is 0 Å². The van der Waals surface area contributed by atoms with E-state index in [0.717, 1.165) is 11.5 Å². The van der Waals surface area contributed by atoms with Crippen LogP contribution in [0.1, 0.15) is 26.7 Å². The SMILES string of the molecule is CCC(C)CC(/C=C/[Si](C)(C)C)[Si](C)(C)C. The van der Waals surface area contributed by atoms with Crippen LogP contribution in [0.4, 0.5) is 0 Å². The van der Waals surface area contributed by atoms with Gasteiger partial charge in [-0.3, -0.25) is 0 Å². The molecule has 0 aliphatic heterocycles. The van der Waals surface area contributed by atoms with Gasteiger partial charge in [0, 0.05) is 0 Å². The van der Waals surface area contributed by atoms with E-state index in [1.165, 1.54) is 12.8 Å².